The van der Waals surface area contributed by atoms with Gasteiger partial charge in [-0.3, -0.25) is 37.3 Å². The minimum Gasteiger partial charge on any atom is -0.462 e. The lowest BCUT2D eigenvalue weighted by atomic mass is 10.0. The molecule has 0 spiro atoms. The summed E-state index contributed by atoms with van der Waals surface area (Å²) in [6, 6.07) is 0. The highest BCUT2D eigenvalue weighted by Crippen LogP contribution is 2.45. The van der Waals surface area contributed by atoms with Crippen LogP contribution in [0.2, 0.25) is 0 Å². The highest BCUT2D eigenvalue weighted by atomic mass is 31.2. The van der Waals surface area contributed by atoms with Crippen LogP contribution in [0.5, 0.6) is 0 Å². The van der Waals surface area contributed by atoms with Crippen molar-refractivity contribution in [2.45, 2.75) is 367 Å². The molecule has 0 fully saturated rings. The normalized spacial score (nSPS) is 14.3. The number of aliphatic hydroxyl groups is 1. The second kappa shape index (κ2) is 71.9. The molecular formula is C79H142O17P2. The first kappa shape index (κ1) is 94.5. The molecule has 0 aromatic carbocycles. The Morgan fingerprint density at radius 1 is 0.286 bits per heavy atom. The molecule has 0 aliphatic heterocycles. The monoisotopic (exact) mass is 1420 g/mol. The molecule has 0 radical (unpaired) electrons. The predicted octanol–water partition coefficient (Wildman–Crippen LogP) is 22.4. The minimum atomic E-state index is -4.97. The maximum atomic E-state index is 13.1. The molecule has 0 aromatic heterocycles. The third-order valence-electron chi connectivity index (χ3n) is 16.6. The average Bonchev–Trinajstić information content (AvgIpc) is 0.982. The van der Waals surface area contributed by atoms with Crippen molar-refractivity contribution in [3.05, 3.63) is 72.9 Å². The van der Waals surface area contributed by atoms with Crippen LogP contribution >= 0.6 is 15.6 Å². The van der Waals surface area contributed by atoms with E-state index < -0.39 is 97.5 Å². The number of esters is 4. The van der Waals surface area contributed by atoms with Gasteiger partial charge in [0.15, 0.2) is 12.2 Å². The van der Waals surface area contributed by atoms with Gasteiger partial charge in [-0.05, 0) is 109 Å². The number of hydrogen-bond acceptors (Lipinski definition) is 15. The Kier molecular flexibility index (Phi) is 69.3. The van der Waals surface area contributed by atoms with Crippen molar-refractivity contribution in [1.29, 1.82) is 0 Å². The number of phosphoric acid groups is 2. The van der Waals surface area contributed by atoms with Crippen LogP contribution in [0.3, 0.4) is 0 Å². The van der Waals surface area contributed by atoms with Gasteiger partial charge in [0, 0.05) is 25.7 Å². The Balaban J connectivity index is 5.29. The Morgan fingerprint density at radius 3 is 0.867 bits per heavy atom. The van der Waals surface area contributed by atoms with Gasteiger partial charge in [0.05, 0.1) is 26.4 Å². The number of carbonyl (C=O) groups is 4. The first-order valence-electron chi connectivity index (χ1n) is 39.2. The van der Waals surface area contributed by atoms with Gasteiger partial charge in [0.1, 0.15) is 19.3 Å². The highest BCUT2D eigenvalue weighted by molar-refractivity contribution is 7.47. The number of rotatable bonds is 74. The first-order valence-corrected chi connectivity index (χ1v) is 42.2. The first-order chi connectivity index (χ1) is 47.7. The fourth-order valence-electron chi connectivity index (χ4n) is 10.6. The molecular weight excluding hydrogens is 1280 g/mol. The number of hydrogen-bond donors (Lipinski definition) is 3. The Bertz CT molecular complexity index is 2140. The van der Waals surface area contributed by atoms with Crippen molar-refractivity contribution in [1.82, 2.24) is 0 Å². The second-order valence-electron chi connectivity index (χ2n) is 26.3. The molecule has 0 bridgehead atoms. The van der Waals surface area contributed by atoms with E-state index in [1.807, 2.05) is 0 Å². The van der Waals surface area contributed by atoms with E-state index in [1.165, 1.54) is 103 Å². The summed E-state index contributed by atoms with van der Waals surface area (Å²) in [5.41, 5.74) is 0. The van der Waals surface area contributed by atoms with Gasteiger partial charge >= 0.3 is 39.5 Å². The SMILES string of the molecule is CCC/C=C\C/C=C\CCCCCCCC(=O)OC(COC(=O)CCCCCCCCCCCCCCCCC)COP(=O)(O)OCC(O)COP(=O)(O)OCC(COC(=O)CCCCCCCC/C=C\C/C=C\C/C=C\CCCCC)OC(=O)CCCCCCC/C=C\CCCC. The van der Waals surface area contributed by atoms with Crippen LogP contribution in [-0.4, -0.2) is 96.7 Å². The number of ether oxygens (including phenoxy) is 4. The number of aliphatic hydroxyl groups excluding tert-OH is 1. The summed E-state index contributed by atoms with van der Waals surface area (Å²) in [7, 11) is -9.94. The molecule has 17 nitrogen and oxygen atoms in total. The van der Waals surface area contributed by atoms with Crippen molar-refractivity contribution in [3.8, 4) is 0 Å². The van der Waals surface area contributed by atoms with Crippen LogP contribution in [0.1, 0.15) is 349 Å². The van der Waals surface area contributed by atoms with E-state index in [0.29, 0.717) is 25.7 Å². The van der Waals surface area contributed by atoms with E-state index in [4.69, 9.17) is 37.0 Å². The number of carbonyl (C=O) groups excluding carboxylic acids is 4. The molecule has 0 saturated heterocycles. The summed E-state index contributed by atoms with van der Waals surface area (Å²) < 4.78 is 68.5. The van der Waals surface area contributed by atoms with Crippen molar-refractivity contribution in [2.24, 2.45) is 0 Å². The summed E-state index contributed by atoms with van der Waals surface area (Å²) in [6.45, 7) is 4.75. The fourth-order valence-corrected chi connectivity index (χ4v) is 12.2. The predicted molar refractivity (Wildman–Crippen MR) is 400 cm³/mol. The molecule has 0 amide bonds. The van der Waals surface area contributed by atoms with Crippen LogP contribution in [0.25, 0.3) is 0 Å². The Labute approximate surface area is 596 Å². The molecule has 0 heterocycles. The summed E-state index contributed by atoms with van der Waals surface area (Å²) in [5, 5.41) is 10.6. The molecule has 5 unspecified atom stereocenters. The van der Waals surface area contributed by atoms with E-state index in [-0.39, 0.29) is 25.7 Å². The lowest BCUT2D eigenvalue weighted by molar-refractivity contribution is -0.161. The van der Waals surface area contributed by atoms with Crippen molar-refractivity contribution in [2.75, 3.05) is 39.6 Å². The van der Waals surface area contributed by atoms with Gasteiger partial charge < -0.3 is 33.8 Å². The number of unbranched alkanes of at least 4 members (excludes halogenated alkanes) is 36. The zero-order chi connectivity index (χ0) is 71.8. The molecule has 0 aromatic rings. The van der Waals surface area contributed by atoms with Crippen molar-refractivity contribution < 1.29 is 80.2 Å². The maximum Gasteiger partial charge on any atom is 0.472 e. The molecule has 570 valence electrons. The summed E-state index contributed by atoms with van der Waals surface area (Å²) in [6.07, 6.45) is 71.7. The quantitative estimate of drug-likeness (QED) is 0.0169. The van der Waals surface area contributed by atoms with Crippen molar-refractivity contribution in [3.63, 3.8) is 0 Å². The van der Waals surface area contributed by atoms with Gasteiger partial charge in [-0.2, -0.15) is 0 Å². The Morgan fingerprint density at radius 2 is 0.531 bits per heavy atom. The molecule has 0 aliphatic carbocycles. The van der Waals surface area contributed by atoms with E-state index >= 15 is 0 Å². The second-order valence-corrected chi connectivity index (χ2v) is 29.2. The number of phosphoric ester groups is 2. The molecule has 5 atom stereocenters. The van der Waals surface area contributed by atoms with Crippen LogP contribution < -0.4 is 0 Å². The van der Waals surface area contributed by atoms with Crippen molar-refractivity contribution >= 4 is 39.5 Å². The zero-order valence-corrected chi connectivity index (χ0v) is 64.0. The highest BCUT2D eigenvalue weighted by Gasteiger charge is 2.30. The third kappa shape index (κ3) is 70.9. The molecule has 98 heavy (non-hydrogen) atoms. The molecule has 0 saturated carbocycles. The van der Waals surface area contributed by atoms with Crippen LogP contribution in [0, 0.1) is 0 Å². The zero-order valence-electron chi connectivity index (χ0n) is 62.2. The maximum absolute atomic E-state index is 13.1. The summed E-state index contributed by atoms with van der Waals surface area (Å²) in [5.74, 6) is -2.19. The minimum absolute atomic E-state index is 0.0827. The van der Waals surface area contributed by atoms with E-state index in [1.54, 1.807) is 0 Å². The molecule has 3 N–H and O–H groups in total. The lowest BCUT2D eigenvalue weighted by Crippen LogP contribution is -2.30. The molecule has 0 rings (SSSR count). The van der Waals surface area contributed by atoms with Crippen LogP contribution in [0.15, 0.2) is 72.9 Å². The van der Waals surface area contributed by atoms with Gasteiger partial charge in [0.2, 0.25) is 0 Å². The van der Waals surface area contributed by atoms with Gasteiger partial charge in [-0.25, -0.2) is 9.13 Å². The van der Waals surface area contributed by atoms with Gasteiger partial charge in [-0.15, -0.1) is 0 Å². The molecule has 19 heteroatoms. The Hall–Kier alpha value is -3.50. The molecule has 0 aliphatic rings. The number of allylic oxidation sites excluding steroid dienone is 12. The van der Waals surface area contributed by atoms with E-state index in [0.717, 1.165) is 167 Å². The van der Waals surface area contributed by atoms with Crippen LogP contribution in [0.4, 0.5) is 0 Å². The standard InChI is InChI=1S/C79H142O17P2/c1-5-9-13-17-21-25-29-32-34-35-36-37-39-42-45-48-52-56-60-64-77(82)89-69-74(95-78(83)65-61-57-53-49-43-28-24-20-16-12-8-4)71-93-97(85,86)91-67-73(80)68-92-98(87,88)94-72-75(96-79(84)66-62-58-54-50-46-40-31-27-23-19-15-11-7-3)70-90-76(81)63-59-55-51-47-44-41-38-33-30-26-22-18-14-10-6-2/h15,19-21,24-25,27,31-32,34,36-37,73-75,80H,5-14,16-18,22-23,26,28-30,33,35,38-72H2,1-4H3,(H,85,86)(H,87,88)/b19-15-,24-20-,25-21-,31-27-,34-32-,37-36-. The van der Waals surface area contributed by atoms with Gasteiger partial charge in [0.25, 0.3) is 0 Å². The smallest absolute Gasteiger partial charge is 0.462 e. The average molecular weight is 1430 g/mol. The third-order valence-corrected chi connectivity index (χ3v) is 18.5. The van der Waals surface area contributed by atoms with Gasteiger partial charge in [-0.1, -0.05) is 287 Å². The topological polar surface area (TPSA) is 237 Å². The fraction of sp³-hybridized carbons (Fsp3) is 0.797. The van der Waals surface area contributed by atoms with Crippen LogP contribution in [-0.2, 0) is 65.4 Å². The lowest BCUT2D eigenvalue weighted by Gasteiger charge is -2.21. The summed E-state index contributed by atoms with van der Waals surface area (Å²) >= 11 is 0. The largest absolute Gasteiger partial charge is 0.472 e. The van der Waals surface area contributed by atoms with E-state index in [2.05, 4.69) is 101 Å². The van der Waals surface area contributed by atoms with E-state index in [9.17, 15) is 43.2 Å². The summed E-state index contributed by atoms with van der Waals surface area (Å²) in [4.78, 5) is 72.8.